The number of aromatic nitrogens is 2. The lowest BCUT2D eigenvalue weighted by atomic mass is 9.96. The average molecular weight is 500 g/mol. The third kappa shape index (κ3) is 5.75. The molecule has 1 aromatic carbocycles. The van der Waals surface area contributed by atoms with Crippen LogP contribution in [0.3, 0.4) is 0 Å². The van der Waals surface area contributed by atoms with Crippen LogP contribution in [0, 0.1) is 5.82 Å². The number of pyridine rings is 1. The zero-order chi connectivity index (χ0) is 25.2. The fraction of sp³-hybridized carbons (Fsp3) is 0.333. The van der Waals surface area contributed by atoms with Gasteiger partial charge in [-0.05, 0) is 51.1 Å². The second-order valence-electron chi connectivity index (χ2n) is 8.89. The van der Waals surface area contributed by atoms with E-state index in [2.05, 4.69) is 15.3 Å². The van der Waals surface area contributed by atoms with E-state index < -0.39 is 11.6 Å². The van der Waals surface area contributed by atoms with E-state index in [1.807, 2.05) is 25.7 Å². The Morgan fingerprint density at radius 2 is 1.94 bits per heavy atom. The Hall–Kier alpha value is -3.57. The summed E-state index contributed by atoms with van der Waals surface area (Å²) in [6, 6.07) is 8.02. The van der Waals surface area contributed by atoms with Crippen molar-refractivity contribution in [3.05, 3.63) is 70.5 Å². The molecule has 0 aliphatic carbocycles. The van der Waals surface area contributed by atoms with Gasteiger partial charge < -0.3 is 19.9 Å². The second kappa shape index (κ2) is 9.96. The number of hydrogen-bond donors (Lipinski definition) is 2. The summed E-state index contributed by atoms with van der Waals surface area (Å²) in [4.78, 5) is 47.7. The van der Waals surface area contributed by atoms with E-state index in [1.165, 1.54) is 60.1 Å². The smallest absolute Gasteiger partial charge is 0.255 e. The monoisotopic (exact) mass is 499 g/mol. The Labute approximate surface area is 205 Å². The number of ether oxygens (including phenoxy) is 1. The number of hydrogen-bond acceptors (Lipinski definition) is 7. The Morgan fingerprint density at radius 1 is 1.20 bits per heavy atom. The Morgan fingerprint density at radius 3 is 2.60 bits per heavy atom. The van der Waals surface area contributed by atoms with E-state index in [-0.39, 0.29) is 23.2 Å². The predicted molar refractivity (Wildman–Crippen MR) is 130 cm³/mol. The van der Waals surface area contributed by atoms with E-state index in [0.717, 1.165) is 0 Å². The maximum absolute atomic E-state index is 13.1. The molecule has 35 heavy (non-hydrogen) atoms. The van der Waals surface area contributed by atoms with Gasteiger partial charge in [0.05, 0.1) is 23.3 Å². The molecule has 11 heteroatoms. The van der Waals surface area contributed by atoms with Crippen molar-refractivity contribution >= 4 is 28.3 Å². The Bertz CT molecular complexity index is 1250. The topological polar surface area (TPSA) is 108 Å². The molecule has 0 saturated carbocycles. The van der Waals surface area contributed by atoms with Gasteiger partial charge in [0, 0.05) is 31.9 Å². The molecular weight excluding hydrogens is 473 g/mol. The maximum Gasteiger partial charge on any atom is 0.255 e. The highest BCUT2D eigenvalue weighted by molar-refractivity contribution is 7.17. The first-order valence-electron chi connectivity index (χ1n) is 11.1. The van der Waals surface area contributed by atoms with Crippen LogP contribution in [0.1, 0.15) is 31.1 Å². The van der Waals surface area contributed by atoms with Crippen molar-refractivity contribution in [2.75, 3.05) is 25.0 Å². The first kappa shape index (κ1) is 24.6. The minimum atomic E-state index is -0.530. The van der Waals surface area contributed by atoms with Gasteiger partial charge in [-0.15, -0.1) is 0 Å². The van der Waals surface area contributed by atoms with Gasteiger partial charge in [-0.25, -0.2) is 9.37 Å². The van der Waals surface area contributed by atoms with E-state index in [0.29, 0.717) is 41.1 Å². The molecule has 0 bridgehead atoms. The minimum Gasteiger partial charge on any atom is -0.445 e. The van der Waals surface area contributed by atoms with Gasteiger partial charge in [0.1, 0.15) is 11.6 Å². The number of piperazine rings is 1. The minimum absolute atomic E-state index is 0.167. The maximum atomic E-state index is 13.1. The molecule has 3 aromatic rings. The lowest BCUT2D eigenvalue weighted by molar-refractivity contribution is -0.122. The Balaban J connectivity index is 1.35. The van der Waals surface area contributed by atoms with Crippen LogP contribution in [-0.4, -0.2) is 62.8 Å². The van der Waals surface area contributed by atoms with E-state index in [9.17, 15) is 18.8 Å². The quantitative estimate of drug-likeness (QED) is 0.539. The summed E-state index contributed by atoms with van der Waals surface area (Å²) < 4.78 is 18.7. The molecule has 3 heterocycles. The molecule has 9 nitrogen and oxygen atoms in total. The van der Waals surface area contributed by atoms with Crippen LogP contribution >= 0.6 is 11.3 Å². The molecule has 0 spiro atoms. The zero-order valence-corrected chi connectivity index (χ0v) is 20.4. The van der Waals surface area contributed by atoms with Gasteiger partial charge in [-0.1, -0.05) is 11.3 Å². The highest BCUT2D eigenvalue weighted by atomic mass is 32.1. The van der Waals surface area contributed by atoms with Crippen molar-refractivity contribution in [1.29, 1.82) is 0 Å². The molecule has 0 unspecified atom stereocenters. The molecule has 1 fully saturated rings. The number of carbonyl (C=O) groups is 2. The molecule has 2 aromatic heterocycles. The summed E-state index contributed by atoms with van der Waals surface area (Å²) in [7, 11) is 0. The number of nitrogens with zero attached hydrogens (tertiary/aromatic N) is 3. The third-order valence-corrected chi connectivity index (χ3v) is 6.67. The van der Waals surface area contributed by atoms with Crippen LogP contribution in [0.2, 0.25) is 0 Å². The highest BCUT2D eigenvalue weighted by Gasteiger charge is 2.39. The zero-order valence-electron chi connectivity index (χ0n) is 19.6. The molecule has 0 radical (unpaired) electrons. The average Bonchev–Trinajstić information content (AvgIpc) is 3.26. The molecule has 4 rings (SSSR count). The largest absolute Gasteiger partial charge is 0.445 e. The number of carbonyl (C=O) groups excluding carboxylic acids is 2. The molecular formula is C24H26FN5O4S. The number of thiazole rings is 1. The second-order valence-corrected chi connectivity index (χ2v) is 9.88. The summed E-state index contributed by atoms with van der Waals surface area (Å²) in [6.07, 6.45) is 2.92. The molecule has 2 N–H and O–H groups in total. The molecule has 2 amide bonds. The van der Waals surface area contributed by atoms with E-state index in [4.69, 9.17) is 4.74 Å². The highest BCUT2D eigenvalue weighted by Crippen LogP contribution is 2.31. The fourth-order valence-electron chi connectivity index (χ4n) is 3.96. The van der Waals surface area contributed by atoms with Gasteiger partial charge >= 0.3 is 0 Å². The number of anilines is 1. The standard InChI is InChI=1S/C24H26FN5O4S/c1-15(21(32)28-23-27-13-20(35-23)34-18-7-5-17(25)6-8-18)29-10-11-30(24(2,3)14-29)22(33)16-4-9-19(31)26-12-16/h4-9,12-13,15H,10-11,14H2,1-3H3,(H,26,31)(H,27,28,32)/t15-/m1/s1. The molecule has 1 saturated heterocycles. The summed E-state index contributed by atoms with van der Waals surface area (Å²) in [5.74, 6) is -0.269. The van der Waals surface area contributed by atoms with E-state index in [1.54, 1.807) is 4.90 Å². The number of nitrogens with one attached hydrogen (secondary N) is 2. The van der Waals surface area contributed by atoms with Crippen LogP contribution < -0.4 is 15.6 Å². The summed E-state index contributed by atoms with van der Waals surface area (Å²) in [5, 5.41) is 3.68. The van der Waals surface area contributed by atoms with Crippen LogP contribution in [-0.2, 0) is 4.79 Å². The SMILES string of the molecule is C[C@H](C(=O)Nc1ncc(Oc2ccc(F)cc2)s1)N1CCN(C(=O)c2ccc(=O)[nH]c2)C(C)(C)C1. The van der Waals surface area contributed by atoms with Gasteiger partial charge in [-0.3, -0.25) is 19.3 Å². The molecule has 184 valence electrons. The van der Waals surface area contributed by atoms with E-state index >= 15 is 0 Å². The molecule has 1 aliphatic heterocycles. The van der Waals surface area contributed by atoms with Gasteiger partial charge in [0.15, 0.2) is 5.13 Å². The van der Waals surface area contributed by atoms with Crippen LogP contribution in [0.5, 0.6) is 10.8 Å². The van der Waals surface area contributed by atoms with Crippen molar-refractivity contribution in [2.45, 2.75) is 32.4 Å². The van der Waals surface area contributed by atoms with Gasteiger partial charge in [0.2, 0.25) is 16.5 Å². The predicted octanol–water partition coefficient (Wildman–Crippen LogP) is 3.33. The van der Waals surface area contributed by atoms with Crippen LogP contribution in [0.25, 0.3) is 0 Å². The lowest BCUT2D eigenvalue weighted by Crippen LogP contribution is -2.63. The molecule has 1 atom stereocenters. The van der Waals surface area contributed by atoms with Crippen LogP contribution in [0.4, 0.5) is 9.52 Å². The van der Waals surface area contributed by atoms with Crippen molar-refractivity contribution in [3.63, 3.8) is 0 Å². The Kier molecular flexibility index (Phi) is 6.99. The van der Waals surface area contributed by atoms with Crippen molar-refractivity contribution in [2.24, 2.45) is 0 Å². The van der Waals surface area contributed by atoms with Crippen molar-refractivity contribution in [3.8, 4) is 10.8 Å². The van der Waals surface area contributed by atoms with Crippen molar-refractivity contribution < 1.29 is 18.7 Å². The third-order valence-electron chi connectivity index (χ3n) is 5.88. The number of halogens is 1. The molecule has 1 aliphatic rings. The first-order chi connectivity index (χ1) is 16.6. The number of benzene rings is 1. The van der Waals surface area contributed by atoms with Crippen LogP contribution in [0.15, 0.2) is 53.6 Å². The number of rotatable bonds is 6. The number of amides is 2. The fourth-order valence-corrected chi connectivity index (χ4v) is 4.65. The first-order valence-corrected chi connectivity index (χ1v) is 11.9. The van der Waals surface area contributed by atoms with Gasteiger partial charge in [0.25, 0.3) is 5.91 Å². The lowest BCUT2D eigenvalue weighted by Gasteiger charge is -2.48. The summed E-state index contributed by atoms with van der Waals surface area (Å²) in [6.45, 7) is 7.17. The number of aromatic amines is 1. The van der Waals surface area contributed by atoms with Crippen molar-refractivity contribution in [1.82, 2.24) is 19.8 Å². The summed E-state index contributed by atoms with van der Waals surface area (Å²) in [5.41, 5.74) is -0.378. The number of H-pyrrole nitrogens is 1. The summed E-state index contributed by atoms with van der Waals surface area (Å²) >= 11 is 1.17. The normalized spacial score (nSPS) is 16.5. The van der Waals surface area contributed by atoms with Gasteiger partial charge in [-0.2, -0.15) is 0 Å².